The fourth-order valence-electron chi connectivity index (χ4n) is 2.90. The van der Waals surface area contributed by atoms with E-state index in [1.54, 1.807) is 0 Å². The molecule has 3 heterocycles. The van der Waals surface area contributed by atoms with Crippen LogP contribution in [0.3, 0.4) is 0 Å². The van der Waals surface area contributed by atoms with Gasteiger partial charge in [-0.3, -0.25) is 0 Å². The van der Waals surface area contributed by atoms with Crippen LogP contribution in [0.15, 0.2) is 12.4 Å². The molecule has 20 heavy (non-hydrogen) atoms. The zero-order valence-corrected chi connectivity index (χ0v) is 12.5. The number of thioether (sulfide) groups is 1. The molecule has 0 spiro atoms. The Bertz CT molecular complexity index is 456. The van der Waals surface area contributed by atoms with Crippen molar-refractivity contribution < 1.29 is 4.79 Å². The summed E-state index contributed by atoms with van der Waals surface area (Å²) in [6, 6.07) is -0.0218. The number of carbonyl (C=O) groups is 1. The topological polar surface area (TPSA) is 59.0 Å². The first kappa shape index (κ1) is 13.8. The van der Waals surface area contributed by atoms with Crippen LogP contribution in [-0.4, -0.2) is 39.7 Å². The largest absolute Gasteiger partial charge is 0.338 e. The number of nitrogens with one attached hydrogen (secondary N) is 2. The molecule has 6 heteroatoms. The van der Waals surface area contributed by atoms with Crippen LogP contribution in [0.2, 0.25) is 0 Å². The van der Waals surface area contributed by atoms with Gasteiger partial charge in [-0.15, -0.1) is 0 Å². The Labute approximate surface area is 123 Å². The molecule has 2 aliphatic heterocycles. The van der Waals surface area contributed by atoms with Gasteiger partial charge in [-0.05, 0) is 30.9 Å². The van der Waals surface area contributed by atoms with Crippen LogP contribution in [0.5, 0.6) is 0 Å². The quantitative estimate of drug-likeness (QED) is 0.887. The number of fused-ring (bicyclic) bond motifs is 1. The second-order valence-corrected chi connectivity index (χ2v) is 7.03. The molecule has 0 bridgehead atoms. The summed E-state index contributed by atoms with van der Waals surface area (Å²) in [5.74, 6) is 2.89. The second-order valence-electron chi connectivity index (χ2n) is 5.62. The number of hydrogen-bond donors (Lipinski definition) is 2. The predicted molar refractivity (Wildman–Crippen MR) is 80.9 cm³/mol. The van der Waals surface area contributed by atoms with Gasteiger partial charge in [0.1, 0.15) is 5.82 Å². The summed E-state index contributed by atoms with van der Waals surface area (Å²) in [7, 11) is 0. The Morgan fingerprint density at radius 1 is 1.40 bits per heavy atom. The van der Waals surface area contributed by atoms with Crippen molar-refractivity contribution in [2.24, 2.45) is 5.92 Å². The van der Waals surface area contributed by atoms with Gasteiger partial charge < -0.3 is 15.2 Å². The van der Waals surface area contributed by atoms with Crippen molar-refractivity contribution in [1.29, 1.82) is 0 Å². The molecule has 1 saturated heterocycles. The molecule has 0 unspecified atom stereocenters. The van der Waals surface area contributed by atoms with Gasteiger partial charge in [-0.25, -0.2) is 9.78 Å². The van der Waals surface area contributed by atoms with Gasteiger partial charge >= 0.3 is 6.03 Å². The summed E-state index contributed by atoms with van der Waals surface area (Å²) in [6.45, 7) is 2.56. The summed E-state index contributed by atoms with van der Waals surface area (Å²) in [5, 5.41) is 6.60. The molecule has 1 fully saturated rings. The van der Waals surface area contributed by atoms with Crippen LogP contribution in [0.25, 0.3) is 0 Å². The van der Waals surface area contributed by atoms with Gasteiger partial charge in [0, 0.05) is 43.7 Å². The molecule has 2 amide bonds. The summed E-state index contributed by atoms with van der Waals surface area (Å²) < 4.78 is 2.20. The zero-order chi connectivity index (χ0) is 13.8. The molecule has 5 nitrogen and oxygen atoms in total. The maximum Gasteiger partial charge on any atom is 0.314 e. The van der Waals surface area contributed by atoms with E-state index < -0.39 is 0 Å². The molecule has 2 aliphatic rings. The molecule has 2 atom stereocenters. The Balaban J connectivity index is 1.36. The summed E-state index contributed by atoms with van der Waals surface area (Å²) in [5.41, 5.74) is 0. The summed E-state index contributed by atoms with van der Waals surface area (Å²) in [6.07, 6.45) is 8.49. The van der Waals surface area contributed by atoms with E-state index in [1.807, 2.05) is 24.2 Å². The number of imidazole rings is 1. The predicted octanol–water partition coefficient (Wildman–Crippen LogP) is 1.64. The third-order valence-electron chi connectivity index (χ3n) is 4.12. The maximum absolute atomic E-state index is 11.8. The molecule has 0 saturated carbocycles. The van der Waals surface area contributed by atoms with E-state index in [1.165, 1.54) is 18.6 Å². The molecule has 110 valence electrons. The van der Waals surface area contributed by atoms with Crippen molar-refractivity contribution in [2.45, 2.75) is 37.5 Å². The third kappa shape index (κ3) is 3.48. The summed E-state index contributed by atoms with van der Waals surface area (Å²) >= 11 is 1.97. The standard InChI is InChI=1S/C14H22N4OS/c19-14(17-10-12-2-1-7-20-12)16-9-11-3-5-18-6-4-15-13(18)8-11/h4,6,11-12H,1-3,5,7-10H2,(H2,16,17,19)/t11-,12-/m1/s1. The van der Waals surface area contributed by atoms with Crippen molar-refractivity contribution in [2.75, 3.05) is 18.8 Å². The molecule has 0 radical (unpaired) electrons. The van der Waals surface area contributed by atoms with E-state index >= 15 is 0 Å². The maximum atomic E-state index is 11.8. The van der Waals surface area contributed by atoms with Crippen LogP contribution < -0.4 is 10.6 Å². The zero-order valence-electron chi connectivity index (χ0n) is 11.7. The van der Waals surface area contributed by atoms with E-state index in [9.17, 15) is 4.79 Å². The van der Waals surface area contributed by atoms with Gasteiger partial charge in [-0.2, -0.15) is 11.8 Å². The minimum atomic E-state index is -0.0218. The molecular formula is C14H22N4OS. The van der Waals surface area contributed by atoms with Crippen molar-refractivity contribution in [3.05, 3.63) is 18.2 Å². The summed E-state index contributed by atoms with van der Waals surface area (Å²) in [4.78, 5) is 16.1. The van der Waals surface area contributed by atoms with E-state index in [0.29, 0.717) is 11.2 Å². The number of amides is 2. The highest BCUT2D eigenvalue weighted by Crippen LogP contribution is 2.25. The minimum Gasteiger partial charge on any atom is -0.338 e. The number of aryl methyl sites for hydroxylation is 1. The first-order valence-electron chi connectivity index (χ1n) is 7.44. The highest BCUT2D eigenvalue weighted by Gasteiger charge is 2.20. The SMILES string of the molecule is O=C(NC[C@@H]1CCn2ccnc2C1)NC[C@H]1CCCS1. The molecule has 1 aromatic rings. The number of hydrogen-bond acceptors (Lipinski definition) is 3. The smallest absolute Gasteiger partial charge is 0.314 e. The molecule has 1 aromatic heterocycles. The van der Waals surface area contributed by atoms with Crippen molar-refractivity contribution in [3.8, 4) is 0 Å². The van der Waals surface area contributed by atoms with Gasteiger partial charge in [0.15, 0.2) is 0 Å². The average Bonchev–Trinajstić information content (AvgIpc) is 3.13. The normalized spacial score (nSPS) is 25.2. The highest BCUT2D eigenvalue weighted by molar-refractivity contribution is 8.00. The van der Waals surface area contributed by atoms with E-state index in [2.05, 4.69) is 20.2 Å². The third-order valence-corrected chi connectivity index (χ3v) is 5.51. The van der Waals surface area contributed by atoms with E-state index in [0.717, 1.165) is 38.3 Å². The lowest BCUT2D eigenvalue weighted by Crippen LogP contribution is -2.41. The van der Waals surface area contributed by atoms with Crippen LogP contribution >= 0.6 is 11.8 Å². The lowest BCUT2D eigenvalue weighted by molar-refractivity contribution is 0.237. The molecule has 0 aliphatic carbocycles. The van der Waals surface area contributed by atoms with Gasteiger partial charge in [-0.1, -0.05) is 0 Å². The molecule has 0 aromatic carbocycles. The molecule has 3 rings (SSSR count). The number of rotatable bonds is 4. The van der Waals surface area contributed by atoms with Gasteiger partial charge in [0.2, 0.25) is 0 Å². The molecular weight excluding hydrogens is 272 g/mol. The lowest BCUT2D eigenvalue weighted by atomic mass is 9.98. The number of carbonyl (C=O) groups excluding carboxylic acids is 1. The minimum absolute atomic E-state index is 0.0218. The first-order valence-corrected chi connectivity index (χ1v) is 8.49. The van der Waals surface area contributed by atoms with Crippen LogP contribution in [-0.2, 0) is 13.0 Å². The van der Waals surface area contributed by atoms with Gasteiger partial charge in [0.05, 0.1) is 0 Å². The van der Waals surface area contributed by atoms with E-state index in [4.69, 9.17) is 0 Å². The monoisotopic (exact) mass is 294 g/mol. The number of aromatic nitrogens is 2. The fraction of sp³-hybridized carbons (Fsp3) is 0.714. The van der Waals surface area contributed by atoms with E-state index in [-0.39, 0.29) is 6.03 Å². The van der Waals surface area contributed by atoms with Crippen molar-refractivity contribution in [1.82, 2.24) is 20.2 Å². The van der Waals surface area contributed by atoms with Crippen LogP contribution in [0.4, 0.5) is 4.79 Å². The second kappa shape index (κ2) is 6.52. The Morgan fingerprint density at radius 2 is 2.30 bits per heavy atom. The first-order chi connectivity index (χ1) is 9.81. The van der Waals surface area contributed by atoms with Crippen molar-refractivity contribution >= 4 is 17.8 Å². The van der Waals surface area contributed by atoms with Crippen molar-refractivity contribution in [3.63, 3.8) is 0 Å². The molecule has 2 N–H and O–H groups in total. The number of nitrogens with zero attached hydrogens (tertiary/aromatic N) is 2. The Kier molecular flexibility index (Phi) is 4.50. The van der Waals surface area contributed by atoms with Gasteiger partial charge in [0.25, 0.3) is 0 Å². The Morgan fingerprint density at radius 3 is 3.15 bits per heavy atom. The average molecular weight is 294 g/mol. The fourth-order valence-corrected chi connectivity index (χ4v) is 4.10. The number of urea groups is 1. The Hall–Kier alpha value is -1.17. The lowest BCUT2D eigenvalue weighted by Gasteiger charge is -2.23. The highest BCUT2D eigenvalue weighted by atomic mass is 32.2. The van der Waals surface area contributed by atoms with Crippen LogP contribution in [0.1, 0.15) is 25.1 Å². The van der Waals surface area contributed by atoms with Crippen LogP contribution in [0, 0.1) is 5.92 Å².